The molecule has 1 saturated heterocycles. The van der Waals surface area contributed by atoms with Gasteiger partial charge in [-0.05, 0) is 50.1 Å². The molecule has 30 heavy (non-hydrogen) atoms. The number of aryl methyl sites for hydroxylation is 3. The van der Waals surface area contributed by atoms with E-state index in [0.717, 1.165) is 16.7 Å². The summed E-state index contributed by atoms with van der Waals surface area (Å²) in [6.07, 6.45) is -0.733. The van der Waals surface area contributed by atoms with E-state index < -0.39 is 18.4 Å². The van der Waals surface area contributed by atoms with Gasteiger partial charge in [-0.2, -0.15) is 0 Å². The number of nitrogens with zero attached hydrogens (tertiary/aromatic N) is 2. The second kappa shape index (κ2) is 7.64. The molecule has 6 nitrogen and oxygen atoms in total. The highest BCUT2D eigenvalue weighted by Crippen LogP contribution is 2.62. The zero-order valence-corrected chi connectivity index (χ0v) is 18.4. The fourth-order valence-corrected chi connectivity index (χ4v) is 7.12. The van der Waals surface area contributed by atoms with Crippen LogP contribution < -0.4 is 10.6 Å². The zero-order chi connectivity index (χ0) is 21.6. The summed E-state index contributed by atoms with van der Waals surface area (Å²) < 4.78 is 14.7. The van der Waals surface area contributed by atoms with Crippen molar-refractivity contribution in [2.24, 2.45) is 0 Å². The number of hydrogen-bond acceptors (Lipinski definition) is 4. The van der Waals surface area contributed by atoms with Crippen molar-refractivity contribution >= 4 is 35.2 Å². The van der Waals surface area contributed by atoms with Crippen LogP contribution in [0.2, 0.25) is 5.02 Å². The van der Waals surface area contributed by atoms with Crippen LogP contribution in [-0.2, 0) is 9.40 Å². The first-order valence-corrected chi connectivity index (χ1v) is 11.4. The highest BCUT2D eigenvalue weighted by Gasteiger charge is 2.54. The number of hydrogen-bond donors (Lipinski definition) is 0. The first kappa shape index (κ1) is 20.8. The molecule has 1 aliphatic heterocycles. The van der Waals surface area contributed by atoms with E-state index in [1.807, 2.05) is 63.2 Å². The molecule has 0 bridgehead atoms. The van der Waals surface area contributed by atoms with Crippen LogP contribution in [0.25, 0.3) is 0 Å². The fourth-order valence-electron chi connectivity index (χ4n) is 3.92. The molecule has 4 rings (SSSR count). The number of rotatable bonds is 5. The standard InChI is InChI=1S/C22H20ClN2O4P/c1-14-11-15(2)21(16(3)12-14)30(28,18-7-5-4-6-8-18)25-22(29-25)19-13-17(24(26)27)9-10-20(19)23/h4-13,22H,1-3H3/t22-,25?,30-/m1/s1. The van der Waals surface area contributed by atoms with Gasteiger partial charge >= 0.3 is 0 Å². The predicted octanol–water partition coefficient (Wildman–Crippen LogP) is 5.35. The molecular weight excluding hydrogens is 423 g/mol. The quantitative estimate of drug-likeness (QED) is 0.230. The molecule has 0 aromatic heterocycles. The smallest absolute Gasteiger partial charge is 0.269 e. The van der Waals surface area contributed by atoms with Gasteiger partial charge in [-0.1, -0.05) is 52.3 Å². The van der Waals surface area contributed by atoms with Gasteiger partial charge in [0.15, 0.2) is 6.23 Å². The second-order valence-corrected chi connectivity index (χ2v) is 10.3. The molecule has 3 aromatic carbocycles. The number of nitro groups is 1. The molecule has 3 atom stereocenters. The van der Waals surface area contributed by atoms with E-state index in [9.17, 15) is 14.7 Å². The molecule has 3 aromatic rings. The number of halogens is 1. The summed E-state index contributed by atoms with van der Waals surface area (Å²) in [5.74, 6) is 0. The van der Waals surface area contributed by atoms with Crippen LogP contribution in [0, 0.1) is 30.9 Å². The van der Waals surface area contributed by atoms with Crippen molar-refractivity contribution in [1.29, 1.82) is 0 Å². The maximum Gasteiger partial charge on any atom is 0.269 e. The minimum absolute atomic E-state index is 0.0953. The Kier molecular flexibility index (Phi) is 5.28. The summed E-state index contributed by atoms with van der Waals surface area (Å²) in [6, 6.07) is 17.3. The first-order chi connectivity index (χ1) is 14.2. The number of nitro benzene ring substituents is 1. The second-order valence-electron chi connectivity index (χ2n) is 7.38. The van der Waals surface area contributed by atoms with Gasteiger partial charge in [0.05, 0.1) is 4.92 Å². The summed E-state index contributed by atoms with van der Waals surface area (Å²) in [4.78, 5) is 18.0. The van der Waals surface area contributed by atoms with Crippen molar-refractivity contribution in [3.05, 3.63) is 98.1 Å². The third kappa shape index (κ3) is 3.46. The van der Waals surface area contributed by atoms with E-state index >= 15 is 0 Å². The van der Waals surface area contributed by atoms with Gasteiger partial charge in [-0.25, -0.2) is 0 Å². The summed E-state index contributed by atoms with van der Waals surface area (Å²) in [6.45, 7) is 5.87. The van der Waals surface area contributed by atoms with Crippen molar-refractivity contribution in [2.75, 3.05) is 0 Å². The van der Waals surface area contributed by atoms with E-state index in [1.165, 1.54) is 23.0 Å². The SMILES string of the molecule is Cc1cc(C)c([P@](=O)(c2ccccc2)N2O[C@@H]2c2cc([N+](=O)[O-])ccc2Cl)c(C)c1. The molecule has 1 heterocycles. The number of hydroxylamine groups is 1. The van der Waals surface area contributed by atoms with Crippen LogP contribution in [0.3, 0.4) is 0 Å². The zero-order valence-electron chi connectivity index (χ0n) is 16.7. The van der Waals surface area contributed by atoms with Crippen LogP contribution in [0.15, 0.2) is 60.7 Å². The molecule has 0 amide bonds. The lowest BCUT2D eigenvalue weighted by Crippen LogP contribution is -2.26. The first-order valence-electron chi connectivity index (χ1n) is 9.38. The average Bonchev–Trinajstić information content (AvgIpc) is 3.49. The molecule has 0 aliphatic carbocycles. The van der Waals surface area contributed by atoms with E-state index in [1.54, 1.807) is 0 Å². The van der Waals surface area contributed by atoms with Crippen molar-refractivity contribution in [3.63, 3.8) is 0 Å². The van der Waals surface area contributed by atoms with Gasteiger partial charge in [0, 0.05) is 33.3 Å². The summed E-state index contributed by atoms with van der Waals surface area (Å²) in [5, 5.41) is 12.9. The minimum atomic E-state index is -3.38. The monoisotopic (exact) mass is 442 g/mol. The van der Waals surface area contributed by atoms with E-state index in [2.05, 4.69) is 0 Å². The Morgan fingerprint density at radius 1 is 1.03 bits per heavy atom. The molecular formula is C22H20ClN2O4P. The van der Waals surface area contributed by atoms with E-state index in [-0.39, 0.29) is 5.69 Å². The Morgan fingerprint density at radius 3 is 2.27 bits per heavy atom. The molecule has 1 fully saturated rings. The van der Waals surface area contributed by atoms with Crippen LogP contribution >= 0.6 is 18.9 Å². The van der Waals surface area contributed by atoms with Crippen molar-refractivity contribution < 1.29 is 14.3 Å². The van der Waals surface area contributed by atoms with E-state index in [0.29, 0.717) is 21.2 Å². The van der Waals surface area contributed by atoms with Crippen LogP contribution in [0.4, 0.5) is 5.69 Å². The Hall–Kier alpha value is -2.50. The molecule has 1 aliphatic rings. The van der Waals surface area contributed by atoms with Crippen molar-refractivity contribution in [2.45, 2.75) is 27.0 Å². The highest BCUT2D eigenvalue weighted by atomic mass is 35.5. The van der Waals surface area contributed by atoms with E-state index in [4.69, 9.17) is 16.4 Å². The highest BCUT2D eigenvalue weighted by molar-refractivity contribution is 7.76. The molecule has 0 radical (unpaired) electrons. The Labute approximate surface area is 179 Å². The maximum absolute atomic E-state index is 14.7. The lowest BCUT2D eigenvalue weighted by atomic mass is 10.1. The van der Waals surface area contributed by atoms with Gasteiger partial charge in [0.1, 0.15) is 0 Å². The molecule has 154 valence electrons. The normalized spacial score (nSPS) is 19.9. The Balaban J connectivity index is 1.86. The molecule has 0 N–H and O–H groups in total. The van der Waals surface area contributed by atoms with Crippen LogP contribution in [0.5, 0.6) is 0 Å². The molecule has 1 unspecified atom stereocenters. The van der Waals surface area contributed by atoms with Gasteiger partial charge in [0.2, 0.25) is 7.29 Å². The van der Waals surface area contributed by atoms with Crippen LogP contribution in [-0.4, -0.2) is 9.76 Å². The summed E-state index contributed by atoms with van der Waals surface area (Å²) in [5.41, 5.74) is 3.21. The van der Waals surface area contributed by atoms with Gasteiger partial charge in [0.25, 0.3) is 5.69 Å². The third-order valence-corrected chi connectivity index (χ3v) is 8.65. The fraction of sp³-hybridized carbons (Fsp3) is 0.182. The average molecular weight is 443 g/mol. The van der Waals surface area contributed by atoms with Crippen LogP contribution in [0.1, 0.15) is 28.5 Å². The largest absolute Gasteiger partial charge is 0.294 e. The minimum Gasteiger partial charge on any atom is -0.294 e. The Morgan fingerprint density at radius 2 is 1.67 bits per heavy atom. The maximum atomic E-state index is 14.7. The molecule has 8 heteroatoms. The number of benzene rings is 3. The molecule has 0 spiro atoms. The van der Waals surface area contributed by atoms with Gasteiger partial charge in [-0.3, -0.25) is 19.5 Å². The third-order valence-electron chi connectivity index (χ3n) is 5.14. The lowest BCUT2D eigenvalue weighted by molar-refractivity contribution is -0.384. The van der Waals surface area contributed by atoms with Gasteiger partial charge < -0.3 is 0 Å². The molecule has 0 saturated carbocycles. The predicted molar refractivity (Wildman–Crippen MR) is 118 cm³/mol. The summed E-state index contributed by atoms with van der Waals surface area (Å²) in [7, 11) is -3.38. The lowest BCUT2D eigenvalue weighted by Gasteiger charge is -2.23. The van der Waals surface area contributed by atoms with Crippen molar-refractivity contribution in [3.8, 4) is 0 Å². The summed E-state index contributed by atoms with van der Waals surface area (Å²) >= 11 is 6.31. The van der Waals surface area contributed by atoms with Crippen molar-refractivity contribution in [1.82, 2.24) is 4.83 Å². The van der Waals surface area contributed by atoms with Gasteiger partial charge in [-0.15, -0.1) is 0 Å². The Bertz CT molecular complexity index is 1180. The number of non-ortho nitro benzene ring substituents is 1. The topological polar surface area (TPSA) is 75.8 Å².